The van der Waals surface area contributed by atoms with Crippen LogP contribution in [0.15, 0.2) is 0 Å². The van der Waals surface area contributed by atoms with Crippen molar-refractivity contribution in [2.75, 3.05) is 6.54 Å². The molecule has 0 aromatic rings. The zero-order chi connectivity index (χ0) is 7.42. The SMILES string of the molecule is O[C@H]1C2CC3CNC1C(C3)C2. The van der Waals surface area contributed by atoms with Crippen LogP contribution in [-0.2, 0) is 0 Å². The van der Waals surface area contributed by atoms with E-state index in [4.69, 9.17) is 0 Å². The summed E-state index contributed by atoms with van der Waals surface area (Å²) in [6.07, 6.45) is 3.93. The topological polar surface area (TPSA) is 32.3 Å². The van der Waals surface area contributed by atoms with E-state index in [2.05, 4.69) is 5.32 Å². The molecule has 3 aliphatic rings. The number of fused-ring (bicyclic) bond motifs is 2. The molecule has 5 atom stereocenters. The number of rotatable bonds is 0. The lowest BCUT2D eigenvalue weighted by Gasteiger charge is -2.34. The third-order valence-electron chi connectivity index (χ3n) is 3.88. The minimum Gasteiger partial charge on any atom is -0.391 e. The van der Waals surface area contributed by atoms with Crippen LogP contribution in [0.4, 0.5) is 0 Å². The molecule has 1 saturated heterocycles. The fourth-order valence-electron chi connectivity index (χ4n) is 3.43. The average Bonchev–Trinajstić information content (AvgIpc) is 2.14. The van der Waals surface area contributed by atoms with Gasteiger partial charge in [0.1, 0.15) is 0 Å². The molecule has 0 aromatic heterocycles. The molecule has 0 aromatic carbocycles. The second kappa shape index (κ2) is 1.99. The summed E-state index contributed by atoms with van der Waals surface area (Å²) in [7, 11) is 0. The van der Waals surface area contributed by atoms with Crippen molar-refractivity contribution in [3.05, 3.63) is 0 Å². The van der Waals surface area contributed by atoms with Gasteiger partial charge < -0.3 is 10.4 Å². The summed E-state index contributed by atoms with van der Waals surface area (Å²) in [4.78, 5) is 0. The summed E-state index contributed by atoms with van der Waals surface area (Å²) in [6, 6.07) is 0.457. The van der Waals surface area contributed by atoms with Gasteiger partial charge in [-0.1, -0.05) is 0 Å². The Kier molecular flexibility index (Phi) is 1.16. The van der Waals surface area contributed by atoms with Gasteiger partial charge in [0.2, 0.25) is 0 Å². The Morgan fingerprint density at radius 1 is 1.09 bits per heavy atom. The van der Waals surface area contributed by atoms with Crippen LogP contribution in [0.5, 0.6) is 0 Å². The highest BCUT2D eigenvalue weighted by Crippen LogP contribution is 2.47. The summed E-state index contributed by atoms with van der Waals surface area (Å²) in [5, 5.41) is 13.3. The van der Waals surface area contributed by atoms with E-state index in [0.29, 0.717) is 12.0 Å². The third-order valence-corrected chi connectivity index (χ3v) is 3.88. The quantitative estimate of drug-likeness (QED) is 0.527. The zero-order valence-electron chi connectivity index (χ0n) is 6.66. The van der Waals surface area contributed by atoms with Gasteiger partial charge >= 0.3 is 0 Å². The lowest BCUT2D eigenvalue weighted by molar-refractivity contribution is 0.111. The summed E-state index contributed by atoms with van der Waals surface area (Å²) in [5.74, 6) is 2.33. The molecule has 2 N–H and O–H groups in total. The third kappa shape index (κ3) is 0.744. The fourth-order valence-corrected chi connectivity index (χ4v) is 3.43. The van der Waals surface area contributed by atoms with Crippen LogP contribution in [0.3, 0.4) is 0 Å². The molecule has 0 radical (unpaired) electrons. The lowest BCUT2D eigenvalue weighted by Crippen LogP contribution is -2.45. The molecular weight excluding hydrogens is 138 g/mol. The van der Waals surface area contributed by atoms with Gasteiger partial charge in [0.05, 0.1) is 6.10 Å². The summed E-state index contributed by atoms with van der Waals surface area (Å²) in [5.41, 5.74) is 0. The van der Waals surface area contributed by atoms with Crippen LogP contribution in [-0.4, -0.2) is 23.8 Å². The number of aliphatic hydroxyl groups is 1. The predicted octanol–water partition coefficient (Wildman–Crippen LogP) is 0.365. The maximum absolute atomic E-state index is 9.82. The molecule has 1 aliphatic heterocycles. The van der Waals surface area contributed by atoms with Crippen molar-refractivity contribution in [3.63, 3.8) is 0 Å². The number of hydrogen-bond donors (Lipinski definition) is 2. The minimum absolute atomic E-state index is 0.0208. The first-order valence-corrected chi connectivity index (χ1v) is 4.76. The van der Waals surface area contributed by atoms with Crippen molar-refractivity contribution >= 4 is 0 Å². The van der Waals surface area contributed by atoms with E-state index < -0.39 is 0 Å². The van der Waals surface area contributed by atoms with Crippen molar-refractivity contribution in [3.8, 4) is 0 Å². The summed E-state index contributed by atoms with van der Waals surface area (Å²) >= 11 is 0. The van der Waals surface area contributed by atoms with Gasteiger partial charge in [-0.2, -0.15) is 0 Å². The molecule has 3 fully saturated rings. The first-order valence-electron chi connectivity index (χ1n) is 4.76. The summed E-state index contributed by atoms with van der Waals surface area (Å²) in [6.45, 7) is 1.16. The molecule has 2 aliphatic carbocycles. The van der Waals surface area contributed by atoms with Crippen molar-refractivity contribution in [2.24, 2.45) is 17.8 Å². The Labute approximate surface area is 67.0 Å². The Morgan fingerprint density at radius 2 is 1.91 bits per heavy atom. The Hall–Kier alpha value is -0.0800. The number of nitrogens with one attached hydrogen (secondary N) is 1. The molecule has 2 heteroatoms. The maximum Gasteiger partial charge on any atom is 0.0724 e. The second-order valence-electron chi connectivity index (χ2n) is 4.52. The number of hydrogen-bond acceptors (Lipinski definition) is 2. The van der Waals surface area contributed by atoms with Crippen LogP contribution in [0, 0.1) is 17.8 Å². The first kappa shape index (κ1) is 6.44. The van der Waals surface area contributed by atoms with Gasteiger partial charge in [-0.05, 0) is 43.6 Å². The van der Waals surface area contributed by atoms with E-state index in [1.54, 1.807) is 0 Å². The van der Waals surface area contributed by atoms with E-state index in [0.717, 1.165) is 18.4 Å². The monoisotopic (exact) mass is 153 g/mol. The smallest absolute Gasteiger partial charge is 0.0724 e. The average molecular weight is 153 g/mol. The Morgan fingerprint density at radius 3 is 2.82 bits per heavy atom. The van der Waals surface area contributed by atoms with E-state index in [-0.39, 0.29) is 6.10 Å². The normalized spacial score (nSPS) is 60.3. The van der Waals surface area contributed by atoms with Crippen molar-refractivity contribution < 1.29 is 5.11 Å². The Bertz CT molecular complexity index is 178. The predicted molar refractivity (Wildman–Crippen MR) is 42.1 cm³/mol. The Balaban J connectivity index is 1.96. The van der Waals surface area contributed by atoms with Crippen LogP contribution in [0.1, 0.15) is 19.3 Å². The van der Waals surface area contributed by atoms with Crippen LogP contribution < -0.4 is 5.32 Å². The molecule has 2 saturated carbocycles. The molecule has 4 unspecified atom stereocenters. The zero-order valence-corrected chi connectivity index (χ0v) is 6.66. The largest absolute Gasteiger partial charge is 0.391 e. The molecule has 2 nitrogen and oxygen atoms in total. The van der Waals surface area contributed by atoms with Gasteiger partial charge in [0.25, 0.3) is 0 Å². The fraction of sp³-hybridized carbons (Fsp3) is 1.00. The van der Waals surface area contributed by atoms with E-state index in [1.807, 2.05) is 0 Å². The number of piperidine rings is 1. The van der Waals surface area contributed by atoms with E-state index >= 15 is 0 Å². The standard InChI is InChI=1S/C9H15NO/c11-9-7-2-5-1-6(3-7)8(9)10-4-5/h5-11H,1-4H2/t5?,6?,7?,8?,9-/m0/s1. The van der Waals surface area contributed by atoms with Gasteiger partial charge in [-0.25, -0.2) is 0 Å². The van der Waals surface area contributed by atoms with Crippen molar-refractivity contribution in [1.29, 1.82) is 0 Å². The highest BCUT2D eigenvalue weighted by Gasteiger charge is 2.49. The molecule has 3 rings (SSSR count). The lowest BCUT2D eigenvalue weighted by atomic mass is 9.78. The van der Waals surface area contributed by atoms with E-state index in [1.165, 1.54) is 19.3 Å². The van der Waals surface area contributed by atoms with Gasteiger partial charge in [0.15, 0.2) is 0 Å². The summed E-state index contributed by atoms with van der Waals surface area (Å²) < 4.78 is 0. The molecule has 11 heavy (non-hydrogen) atoms. The second-order valence-corrected chi connectivity index (χ2v) is 4.52. The van der Waals surface area contributed by atoms with Gasteiger partial charge in [0, 0.05) is 6.04 Å². The highest BCUT2D eigenvalue weighted by atomic mass is 16.3. The molecule has 1 heterocycles. The highest BCUT2D eigenvalue weighted by molar-refractivity contribution is 5.04. The first-order chi connectivity index (χ1) is 5.34. The minimum atomic E-state index is -0.0208. The molecule has 3 bridgehead atoms. The molecular formula is C9H15NO. The van der Waals surface area contributed by atoms with E-state index in [9.17, 15) is 5.11 Å². The van der Waals surface area contributed by atoms with Crippen LogP contribution in [0.25, 0.3) is 0 Å². The molecule has 0 spiro atoms. The van der Waals surface area contributed by atoms with Crippen LogP contribution >= 0.6 is 0 Å². The van der Waals surface area contributed by atoms with Crippen LogP contribution in [0.2, 0.25) is 0 Å². The maximum atomic E-state index is 9.82. The van der Waals surface area contributed by atoms with Gasteiger partial charge in [-0.3, -0.25) is 0 Å². The number of aliphatic hydroxyl groups excluding tert-OH is 1. The van der Waals surface area contributed by atoms with Gasteiger partial charge in [-0.15, -0.1) is 0 Å². The van der Waals surface area contributed by atoms with Crippen molar-refractivity contribution in [2.45, 2.75) is 31.4 Å². The molecule has 0 amide bonds. The molecule has 62 valence electrons. The van der Waals surface area contributed by atoms with Crippen molar-refractivity contribution in [1.82, 2.24) is 5.32 Å².